The summed E-state index contributed by atoms with van der Waals surface area (Å²) in [5.41, 5.74) is 2.64. The lowest BCUT2D eigenvalue weighted by molar-refractivity contribution is -0.0936. The van der Waals surface area contributed by atoms with E-state index in [-0.39, 0.29) is 11.5 Å². The van der Waals surface area contributed by atoms with E-state index in [2.05, 4.69) is 6.07 Å². The van der Waals surface area contributed by atoms with Crippen LogP contribution >= 0.6 is 0 Å². The molecule has 1 aromatic carbocycles. The summed E-state index contributed by atoms with van der Waals surface area (Å²) in [6.45, 7) is 1.98. The molecule has 138 valence electrons. The van der Waals surface area contributed by atoms with Gasteiger partial charge in [-0.05, 0) is 48.6 Å². The van der Waals surface area contributed by atoms with Crippen LogP contribution in [-0.4, -0.2) is 44.7 Å². The number of carbonyl (C=O) groups is 1. The molecule has 1 saturated heterocycles. The molecule has 2 aliphatic heterocycles. The van der Waals surface area contributed by atoms with E-state index in [1.807, 2.05) is 11.0 Å². The molecule has 0 unspecified atom stereocenters. The van der Waals surface area contributed by atoms with Crippen LogP contribution in [0, 0.1) is 0 Å². The summed E-state index contributed by atoms with van der Waals surface area (Å²) in [6.07, 6.45) is 5.41. The van der Waals surface area contributed by atoms with Gasteiger partial charge in [-0.2, -0.15) is 0 Å². The first kappa shape index (κ1) is 17.0. The molecule has 0 radical (unpaired) electrons. The number of amides is 1. The maximum absolute atomic E-state index is 12.6. The van der Waals surface area contributed by atoms with Gasteiger partial charge in [0, 0.05) is 13.1 Å². The predicted octanol–water partition coefficient (Wildman–Crippen LogP) is 3.00. The number of methoxy groups -OCH3 is 2. The lowest BCUT2D eigenvalue weighted by Gasteiger charge is -2.45. The number of ether oxygens (including phenoxy) is 3. The van der Waals surface area contributed by atoms with E-state index in [0.717, 1.165) is 30.6 Å². The van der Waals surface area contributed by atoms with E-state index in [1.54, 1.807) is 20.3 Å². The normalized spacial score (nSPS) is 18.5. The fourth-order valence-corrected chi connectivity index (χ4v) is 4.04. The van der Waals surface area contributed by atoms with E-state index in [1.165, 1.54) is 18.1 Å². The summed E-state index contributed by atoms with van der Waals surface area (Å²) in [5.74, 6) is 1.47. The zero-order valence-corrected chi connectivity index (χ0v) is 15.1. The van der Waals surface area contributed by atoms with E-state index in [4.69, 9.17) is 18.6 Å². The van der Waals surface area contributed by atoms with Crippen molar-refractivity contribution in [1.82, 2.24) is 4.90 Å². The standard InChI is InChI=1S/C20H23NO5/c1-23-17-11-14-4-10-26-20(16(14)12-18(17)24-2)5-7-21(8-6-20)19(22)15-3-9-25-13-15/h3,9,11-13H,4-8,10H2,1-2H3. The van der Waals surface area contributed by atoms with Crippen molar-refractivity contribution >= 4 is 5.91 Å². The molecular formula is C20H23NO5. The average Bonchev–Trinajstić information content (AvgIpc) is 3.22. The summed E-state index contributed by atoms with van der Waals surface area (Å²) in [5, 5.41) is 0. The summed E-state index contributed by atoms with van der Waals surface area (Å²) in [7, 11) is 3.30. The van der Waals surface area contributed by atoms with Crippen molar-refractivity contribution in [3.63, 3.8) is 0 Å². The Labute approximate surface area is 152 Å². The second-order valence-electron chi connectivity index (χ2n) is 6.76. The maximum atomic E-state index is 12.6. The topological polar surface area (TPSA) is 61.1 Å². The van der Waals surface area contributed by atoms with Crippen LogP contribution in [0.2, 0.25) is 0 Å². The third-order valence-corrected chi connectivity index (χ3v) is 5.48. The molecule has 0 bridgehead atoms. The highest BCUT2D eigenvalue weighted by atomic mass is 16.5. The lowest BCUT2D eigenvalue weighted by atomic mass is 9.79. The molecule has 3 heterocycles. The molecule has 0 N–H and O–H groups in total. The van der Waals surface area contributed by atoms with Gasteiger partial charge in [0.15, 0.2) is 11.5 Å². The first-order valence-electron chi connectivity index (χ1n) is 8.88. The van der Waals surface area contributed by atoms with E-state index >= 15 is 0 Å². The second kappa shape index (κ2) is 6.68. The quantitative estimate of drug-likeness (QED) is 0.845. The van der Waals surface area contributed by atoms with Crippen LogP contribution in [0.5, 0.6) is 11.5 Å². The van der Waals surface area contributed by atoms with Crippen LogP contribution < -0.4 is 9.47 Å². The Morgan fingerprint density at radius 2 is 1.88 bits per heavy atom. The predicted molar refractivity (Wildman–Crippen MR) is 94.7 cm³/mol. The zero-order chi connectivity index (χ0) is 18.1. The molecule has 1 spiro atoms. The molecule has 1 fully saturated rings. The highest BCUT2D eigenvalue weighted by molar-refractivity contribution is 5.93. The van der Waals surface area contributed by atoms with Crippen molar-refractivity contribution in [2.45, 2.75) is 24.9 Å². The number of nitrogens with zero attached hydrogens (tertiary/aromatic N) is 1. The number of furan rings is 1. The number of hydrogen-bond donors (Lipinski definition) is 0. The van der Waals surface area contributed by atoms with E-state index < -0.39 is 0 Å². The third kappa shape index (κ3) is 2.74. The van der Waals surface area contributed by atoms with Gasteiger partial charge in [0.05, 0.1) is 38.3 Å². The fraction of sp³-hybridized carbons (Fsp3) is 0.450. The van der Waals surface area contributed by atoms with Crippen LogP contribution in [0.25, 0.3) is 0 Å². The van der Waals surface area contributed by atoms with Crippen LogP contribution in [0.1, 0.15) is 34.3 Å². The number of rotatable bonds is 3. The van der Waals surface area contributed by atoms with Crippen molar-refractivity contribution in [1.29, 1.82) is 0 Å². The molecule has 1 amide bonds. The summed E-state index contributed by atoms with van der Waals surface area (Å²) in [6, 6.07) is 5.80. The Morgan fingerprint density at radius 3 is 2.54 bits per heavy atom. The maximum Gasteiger partial charge on any atom is 0.257 e. The van der Waals surface area contributed by atoms with Crippen molar-refractivity contribution in [3.05, 3.63) is 47.4 Å². The molecular weight excluding hydrogens is 334 g/mol. The summed E-state index contributed by atoms with van der Waals surface area (Å²) in [4.78, 5) is 14.4. The summed E-state index contributed by atoms with van der Waals surface area (Å²) < 4.78 is 22.2. The fourth-order valence-electron chi connectivity index (χ4n) is 4.04. The highest BCUT2D eigenvalue weighted by Gasteiger charge is 2.42. The molecule has 0 atom stereocenters. The van der Waals surface area contributed by atoms with Crippen LogP contribution in [0.15, 0.2) is 35.1 Å². The molecule has 2 aliphatic rings. The Balaban J connectivity index is 1.59. The van der Waals surface area contributed by atoms with Crippen molar-refractivity contribution in [3.8, 4) is 11.5 Å². The molecule has 6 heteroatoms. The number of hydrogen-bond acceptors (Lipinski definition) is 5. The van der Waals surface area contributed by atoms with Gasteiger partial charge in [-0.1, -0.05) is 0 Å². The third-order valence-electron chi connectivity index (χ3n) is 5.48. The van der Waals surface area contributed by atoms with Gasteiger partial charge in [0.2, 0.25) is 0 Å². The second-order valence-corrected chi connectivity index (χ2v) is 6.76. The van der Waals surface area contributed by atoms with Gasteiger partial charge in [-0.3, -0.25) is 4.79 Å². The van der Waals surface area contributed by atoms with Gasteiger partial charge >= 0.3 is 0 Å². The molecule has 0 aliphatic carbocycles. The molecule has 0 saturated carbocycles. The van der Waals surface area contributed by atoms with Gasteiger partial charge in [0.25, 0.3) is 5.91 Å². The van der Waals surface area contributed by atoms with Crippen molar-refractivity contribution < 1.29 is 23.4 Å². The number of likely N-dealkylation sites (tertiary alicyclic amines) is 1. The minimum atomic E-state index is -0.361. The Bertz CT molecular complexity index is 791. The van der Waals surface area contributed by atoms with E-state index in [0.29, 0.717) is 31.0 Å². The molecule has 26 heavy (non-hydrogen) atoms. The van der Waals surface area contributed by atoms with Gasteiger partial charge in [-0.25, -0.2) is 0 Å². The molecule has 4 rings (SSSR count). The number of carbonyl (C=O) groups excluding carboxylic acids is 1. The van der Waals surface area contributed by atoms with Gasteiger partial charge in [-0.15, -0.1) is 0 Å². The SMILES string of the molecule is COc1cc2c(cc1OC)C1(CCN(C(=O)c3ccoc3)CC1)OCC2. The minimum absolute atomic E-state index is 0.0111. The smallest absolute Gasteiger partial charge is 0.257 e. The van der Waals surface area contributed by atoms with Gasteiger partial charge in [0.1, 0.15) is 6.26 Å². The monoisotopic (exact) mass is 357 g/mol. The first-order chi connectivity index (χ1) is 12.7. The Kier molecular flexibility index (Phi) is 4.36. The van der Waals surface area contributed by atoms with Crippen LogP contribution in [0.3, 0.4) is 0 Å². The minimum Gasteiger partial charge on any atom is -0.493 e. The Morgan fingerprint density at radius 1 is 1.15 bits per heavy atom. The first-order valence-corrected chi connectivity index (χ1v) is 8.88. The highest BCUT2D eigenvalue weighted by Crippen LogP contribution is 2.45. The molecule has 6 nitrogen and oxygen atoms in total. The molecule has 2 aromatic rings. The van der Waals surface area contributed by atoms with Crippen LogP contribution in [0.4, 0.5) is 0 Å². The number of fused-ring (bicyclic) bond motifs is 2. The average molecular weight is 357 g/mol. The molecule has 1 aromatic heterocycles. The summed E-state index contributed by atoms with van der Waals surface area (Å²) >= 11 is 0. The van der Waals surface area contributed by atoms with Gasteiger partial charge < -0.3 is 23.5 Å². The number of benzene rings is 1. The van der Waals surface area contributed by atoms with E-state index in [9.17, 15) is 4.79 Å². The number of piperidine rings is 1. The van der Waals surface area contributed by atoms with Crippen LogP contribution in [-0.2, 0) is 16.8 Å². The van der Waals surface area contributed by atoms with Crippen molar-refractivity contribution in [2.75, 3.05) is 33.9 Å². The zero-order valence-electron chi connectivity index (χ0n) is 15.1. The lowest BCUT2D eigenvalue weighted by Crippen LogP contribution is -2.48. The van der Waals surface area contributed by atoms with Crippen molar-refractivity contribution in [2.24, 2.45) is 0 Å². The Hall–Kier alpha value is -2.47. The largest absolute Gasteiger partial charge is 0.493 e.